The zero-order chi connectivity index (χ0) is 17.7. The minimum atomic E-state index is -0.542. The van der Waals surface area contributed by atoms with E-state index in [1.807, 2.05) is 45.9 Å². The van der Waals surface area contributed by atoms with E-state index < -0.39 is 6.04 Å². The van der Waals surface area contributed by atoms with Gasteiger partial charge in [-0.1, -0.05) is 32.9 Å². The average molecular weight is 334 g/mol. The van der Waals surface area contributed by atoms with E-state index in [0.29, 0.717) is 13.2 Å². The molecule has 3 N–H and O–H groups in total. The van der Waals surface area contributed by atoms with Crippen LogP contribution in [-0.4, -0.2) is 31.3 Å². The third-order valence-corrected chi connectivity index (χ3v) is 4.34. The number of nitrogens with two attached hydrogens (primary N) is 1. The quantitative estimate of drug-likeness (QED) is 0.838. The Kier molecular flexibility index (Phi) is 6.24. The highest BCUT2D eigenvalue weighted by Crippen LogP contribution is 2.23. The van der Waals surface area contributed by atoms with E-state index in [9.17, 15) is 4.79 Å². The van der Waals surface area contributed by atoms with Gasteiger partial charge in [-0.25, -0.2) is 0 Å². The predicted octanol–water partition coefficient (Wildman–Crippen LogP) is 2.54. The second kappa shape index (κ2) is 7.99. The fraction of sp³-hybridized carbons (Fsp3) is 0.632. The van der Waals surface area contributed by atoms with Gasteiger partial charge in [0.25, 0.3) is 0 Å². The van der Waals surface area contributed by atoms with Crippen molar-refractivity contribution in [2.24, 2.45) is 11.1 Å². The van der Waals surface area contributed by atoms with Crippen LogP contribution < -0.4 is 15.8 Å². The highest BCUT2D eigenvalue weighted by Gasteiger charge is 2.27. The number of carbonyl (C=O) groups is 1. The van der Waals surface area contributed by atoms with E-state index >= 15 is 0 Å². The summed E-state index contributed by atoms with van der Waals surface area (Å²) in [4.78, 5) is 12.2. The Hall–Kier alpha value is -1.59. The minimum Gasteiger partial charge on any atom is -0.491 e. The molecular formula is C19H30N2O3. The van der Waals surface area contributed by atoms with Crippen molar-refractivity contribution in [1.29, 1.82) is 0 Å². The summed E-state index contributed by atoms with van der Waals surface area (Å²) in [7, 11) is 0. The van der Waals surface area contributed by atoms with Crippen LogP contribution in [0.4, 0.5) is 0 Å². The van der Waals surface area contributed by atoms with Gasteiger partial charge in [-0.05, 0) is 36.8 Å². The number of aryl methyl sites for hydroxylation is 1. The summed E-state index contributed by atoms with van der Waals surface area (Å²) < 4.78 is 11.6. The first-order chi connectivity index (χ1) is 11.3. The molecule has 1 unspecified atom stereocenters. The molecule has 0 spiro atoms. The van der Waals surface area contributed by atoms with Crippen LogP contribution in [0, 0.1) is 12.3 Å². The molecule has 5 nitrogen and oxygen atoms in total. The molecule has 2 atom stereocenters. The van der Waals surface area contributed by atoms with Crippen molar-refractivity contribution in [2.75, 3.05) is 13.2 Å². The molecule has 0 aliphatic carbocycles. The van der Waals surface area contributed by atoms with Gasteiger partial charge in [0, 0.05) is 18.7 Å². The first-order valence-corrected chi connectivity index (χ1v) is 8.64. The number of hydrogen-bond donors (Lipinski definition) is 2. The Labute approximate surface area is 144 Å². The van der Waals surface area contributed by atoms with E-state index in [1.54, 1.807) is 0 Å². The topological polar surface area (TPSA) is 73.6 Å². The lowest BCUT2D eigenvalue weighted by Gasteiger charge is -2.26. The summed E-state index contributed by atoms with van der Waals surface area (Å²) in [5.41, 5.74) is 7.81. The molecule has 1 aliphatic rings. The molecule has 1 aromatic rings. The third-order valence-electron chi connectivity index (χ3n) is 4.34. The SMILES string of the molecule is Cc1ccc(CNC(=O)[C@@H](N)C(C)(C)C)c(OCC2CCCO2)c1. The molecule has 134 valence electrons. The summed E-state index contributed by atoms with van der Waals surface area (Å²) in [5, 5.41) is 2.92. The van der Waals surface area contributed by atoms with Gasteiger partial charge in [-0.2, -0.15) is 0 Å². The summed E-state index contributed by atoms with van der Waals surface area (Å²) >= 11 is 0. The van der Waals surface area contributed by atoms with Gasteiger partial charge < -0.3 is 20.5 Å². The Morgan fingerprint density at radius 1 is 1.46 bits per heavy atom. The van der Waals surface area contributed by atoms with Crippen LogP contribution in [0.1, 0.15) is 44.7 Å². The van der Waals surface area contributed by atoms with Crippen molar-refractivity contribution < 1.29 is 14.3 Å². The zero-order valence-corrected chi connectivity index (χ0v) is 15.2. The first-order valence-electron chi connectivity index (χ1n) is 8.64. The standard InChI is InChI=1S/C19H30N2O3/c1-13-7-8-14(11-21-18(22)17(20)19(2,3)4)16(10-13)24-12-15-6-5-9-23-15/h7-8,10,15,17H,5-6,9,11-12,20H2,1-4H3,(H,21,22)/t15?,17-/m1/s1. The van der Waals surface area contributed by atoms with E-state index in [2.05, 4.69) is 5.32 Å². The normalized spacial score (nSPS) is 19.1. The molecule has 0 saturated carbocycles. The van der Waals surface area contributed by atoms with Crippen molar-refractivity contribution >= 4 is 5.91 Å². The molecule has 1 aromatic carbocycles. The number of hydrogen-bond acceptors (Lipinski definition) is 4. The fourth-order valence-corrected chi connectivity index (χ4v) is 2.59. The lowest BCUT2D eigenvalue weighted by Crippen LogP contribution is -2.48. The van der Waals surface area contributed by atoms with Gasteiger partial charge in [-0.3, -0.25) is 4.79 Å². The van der Waals surface area contributed by atoms with Gasteiger partial charge in [0.1, 0.15) is 12.4 Å². The number of benzene rings is 1. The molecule has 0 radical (unpaired) electrons. The minimum absolute atomic E-state index is 0.145. The van der Waals surface area contributed by atoms with Crippen molar-refractivity contribution in [3.8, 4) is 5.75 Å². The van der Waals surface area contributed by atoms with Crippen molar-refractivity contribution in [3.05, 3.63) is 29.3 Å². The van der Waals surface area contributed by atoms with Gasteiger partial charge in [-0.15, -0.1) is 0 Å². The number of rotatable bonds is 6. The summed E-state index contributed by atoms with van der Waals surface area (Å²) in [5.74, 6) is 0.656. The van der Waals surface area contributed by atoms with E-state index in [4.69, 9.17) is 15.2 Å². The highest BCUT2D eigenvalue weighted by molar-refractivity contribution is 5.82. The Morgan fingerprint density at radius 2 is 2.21 bits per heavy atom. The predicted molar refractivity (Wildman–Crippen MR) is 94.9 cm³/mol. The first kappa shape index (κ1) is 18.7. The molecule has 24 heavy (non-hydrogen) atoms. The van der Waals surface area contributed by atoms with Crippen molar-refractivity contribution in [1.82, 2.24) is 5.32 Å². The average Bonchev–Trinajstić information content (AvgIpc) is 3.03. The zero-order valence-electron chi connectivity index (χ0n) is 15.2. The van der Waals surface area contributed by atoms with Gasteiger partial charge in [0.05, 0.1) is 12.1 Å². The van der Waals surface area contributed by atoms with Crippen LogP contribution in [0.2, 0.25) is 0 Å². The third kappa shape index (κ3) is 5.21. The van der Waals surface area contributed by atoms with Crippen molar-refractivity contribution in [2.45, 2.75) is 59.2 Å². The molecule has 0 bridgehead atoms. The Bertz CT molecular complexity index is 560. The lowest BCUT2D eigenvalue weighted by atomic mass is 9.87. The highest BCUT2D eigenvalue weighted by atomic mass is 16.5. The van der Waals surface area contributed by atoms with E-state index in [0.717, 1.165) is 36.3 Å². The fourth-order valence-electron chi connectivity index (χ4n) is 2.59. The van der Waals surface area contributed by atoms with Crippen LogP contribution in [0.15, 0.2) is 18.2 Å². The smallest absolute Gasteiger partial charge is 0.237 e. The molecular weight excluding hydrogens is 304 g/mol. The number of nitrogens with one attached hydrogen (secondary N) is 1. The summed E-state index contributed by atoms with van der Waals surface area (Å²) in [6.45, 7) is 9.67. The maximum absolute atomic E-state index is 12.2. The Balaban J connectivity index is 1.97. The summed E-state index contributed by atoms with van der Waals surface area (Å²) in [6, 6.07) is 5.46. The molecule has 1 heterocycles. The molecule has 1 saturated heterocycles. The maximum Gasteiger partial charge on any atom is 0.237 e. The van der Waals surface area contributed by atoms with Crippen LogP contribution in [0.25, 0.3) is 0 Å². The van der Waals surface area contributed by atoms with Crippen LogP contribution in [0.3, 0.4) is 0 Å². The molecule has 2 rings (SSSR count). The number of carbonyl (C=O) groups excluding carboxylic acids is 1. The van der Waals surface area contributed by atoms with Crippen LogP contribution in [-0.2, 0) is 16.1 Å². The van der Waals surface area contributed by atoms with Crippen molar-refractivity contribution in [3.63, 3.8) is 0 Å². The van der Waals surface area contributed by atoms with E-state index in [-0.39, 0.29) is 17.4 Å². The second-order valence-corrected chi connectivity index (χ2v) is 7.62. The summed E-state index contributed by atoms with van der Waals surface area (Å²) in [6.07, 6.45) is 2.30. The number of ether oxygens (including phenoxy) is 2. The molecule has 1 fully saturated rings. The maximum atomic E-state index is 12.2. The van der Waals surface area contributed by atoms with Gasteiger partial charge in [0.2, 0.25) is 5.91 Å². The van der Waals surface area contributed by atoms with E-state index in [1.165, 1.54) is 0 Å². The largest absolute Gasteiger partial charge is 0.491 e. The van der Waals surface area contributed by atoms with Crippen LogP contribution >= 0.6 is 0 Å². The monoisotopic (exact) mass is 334 g/mol. The molecule has 1 amide bonds. The second-order valence-electron chi connectivity index (χ2n) is 7.62. The molecule has 0 aromatic heterocycles. The molecule has 5 heteroatoms. The lowest BCUT2D eigenvalue weighted by molar-refractivity contribution is -0.124. The Morgan fingerprint density at radius 3 is 2.83 bits per heavy atom. The van der Waals surface area contributed by atoms with Gasteiger partial charge in [0.15, 0.2) is 0 Å². The van der Waals surface area contributed by atoms with Crippen LogP contribution in [0.5, 0.6) is 5.75 Å². The number of amides is 1. The van der Waals surface area contributed by atoms with Gasteiger partial charge >= 0.3 is 0 Å². The molecule has 1 aliphatic heterocycles.